The minimum absolute atomic E-state index is 1.03. The summed E-state index contributed by atoms with van der Waals surface area (Å²) in [6.45, 7) is 6.18. The Labute approximate surface area is 115 Å². The number of aryl methyl sites for hydroxylation is 3. The fourth-order valence-corrected chi connectivity index (χ4v) is 2.32. The molecule has 1 aromatic carbocycles. The van der Waals surface area contributed by atoms with Gasteiger partial charge in [-0.2, -0.15) is 0 Å². The molecule has 100 valence electrons. The molecule has 0 aliphatic carbocycles. The molecule has 0 unspecified atom stereocenters. The molecule has 0 aliphatic rings. The largest absolute Gasteiger partial charge is 0.376 e. The predicted molar refractivity (Wildman–Crippen MR) is 82.5 cm³/mol. The second-order valence-electron chi connectivity index (χ2n) is 5.08. The van der Waals surface area contributed by atoms with E-state index in [1.165, 1.54) is 11.3 Å². The second-order valence-corrected chi connectivity index (χ2v) is 5.08. The standard InChI is InChI=1S/C16H21N3/c1-11-10-12(2)17-13(3)16(11)18-14-8-6-7-9-15(14)19(4)5/h6-10,18H,1-5H3. The van der Waals surface area contributed by atoms with Crippen LogP contribution in [0.5, 0.6) is 0 Å². The predicted octanol–water partition coefficient (Wildman–Crippen LogP) is 3.82. The second kappa shape index (κ2) is 5.31. The van der Waals surface area contributed by atoms with Gasteiger partial charge in [-0.15, -0.1) is 0 Å². The molecule has 0 aliphatic heterocycles. The van der Waals surface area contributed by atoms with Gasteiger partial charge in [0.15, 0.2) is 0 Å². The van der Waals surface area contributed by atoms with Gasteiger partial charge in [0.1, 0.15) is 0 Å². The number of aromatic nitrogens is 1. The quantitative estimate of drug-likeness (QED) is 0.903. The van der Waals surface area contributed by atoms with Crippen molar-refractivity contribution in [3.8, 4) is 0 Å². The number of nitrogens with zero attached hydrogens (tertiary/aromatic N) is 2. The topological polar surface area (TPSA) is 28.2 Å². The molecule has 1 heterocycles. The summed E-state index contributed by atoms with van der Waals surface area (Å²) in [4.78, 5) is 6.63. The molecule has 2 aromatic rings. The Kier molecular flexibility index (Phi) is 3.74. The van der Waals surface area contributed by atoms with Crippen LogP contribution in [0.1, 0.15) is 17.0 Å². The van der Waals surface area contributed by atoms with Crippen LogP contribution in [0.4, 0.5) is 17.1 Å². The average Bonchev–Trinajstić information content (AvgIpc) is 2.34. The van der Waals surface area contributed by atoms with Crippen molar-refractivity contribution >= 4 is 17.1 Å². The zero-order valence-electron chi connectivity index (χ0n) is 12.3. The van der Waals surface area contributed by atoms with E-state index in [0.29, 0.717) is 0 Å². The molecular weight excluding hydrogens is 234 g/mol. The van der Waals surface area contributed by atoms with Crippen LogP contribution in [-0.4, -0.2) is 19.1 Å². The van der Waals surface area contributed by atoms with Gasteiger partial charge in [-0.3, -0.25) is 4.98 Å². The molecule has 0 spiro atoms. The third-order valence-corrected chi connectivity index (χ3v) is 3.17. The van der Waals surface area contributed by atoms with E-state index in [1.807, 2.05) is 40.1 Å². The highest BCUT2D eigenvalue weighted by Gasteiger charge is 2.09. The van der Waals surface area contributed by atoms with Crippen molar-refractivity contribution in [2.45, 2.75) is 20.8 Å². The van der Waals surface area contributed by atoms with Crippen LogP contribution in [0, 0.1) is 20.8 Å². The summed E-state index contributed by atoms with van der Waals surface area (Å²) < 4.78 is 0. The minimum atomic E-state index is 1.03. The summed E-state index contributed by atoms with van der Waals surface area (Å²) in [5.41, 5.74) is 6.68. The molecule has 3 heteroatoms. The van der Waals surface area contributed by atoms with E-state index < -0.39 is 0 Å². The Morgan fingerprint density at radius 2 is 1.74 bits per heavy atom. The molecule has 1 N–H and O–H groups in total. The number of benzene rings is 1. The molecule has 0 amide bonds. The van der Waals surface area contributed by atoms with E-state index in [4.69, 9.17) is 0 Å². The summed E-state index contributed by atoms with van der Waals surface area (Å²) in [5, 5.41) is 3.51. The van der Waals surface area contributed by atoms with Gasteiger partial charge in [-0.1, -0.05) is 12.1 Å². The van der Waals surface area contributed by atoms with E-state index in [1.54, 1.807) is 0 Å². The summed E-state index contributed by atoms with van der Waals surface area (Å²) >= 11 is 0. The van der Waals surface area contributed by atoms with Crippen molar-refractivity contribution in [3.63, 3.8) is 0 Å². The summed E-state index contributed by atoms with van der Waals surface area (Å²) in [6.07, 6.45) is 0. The molecule has 0 fully saturated rings. The Hall–Kier alpha value is -2.03. The molecule has 1 aromatic heterocycles. The number of pyridine rings is 1. The van der Waals surface area contributed by atoms with Crippen molar-refractivity contribution in [2.75, 3.05) is 24.3 Å². The summed E-state index contributed by atoms with van der Waals surface area (Å²) in [6, 6.07) is 10.4. The summed E-state index contributed by atoms with van der Waals surface area (Å²) in [5.74, 6) is 0. The van der Waals surface area contributed by atoms with Crippen molar-refractivity contribution in [1.29, 1.82) is 0 Å². The van der Waals surface area contributed by atoms with Gasteiger partial charge < -0.3 is 10.2 Å². The molecule has 2 rings (SSSR count). The SMILES string of the molecule is Cc1cc(C)c(Nc2ccccc2N(C)C)c(C)n1. The van der Waals surface area contributed by atoms with Crippen molar-refractivity contribution in [2.24, 2.45) is 0 Å². The first-order chi connectivity index (χ1) is 8.99. The fraction of sp³-hybridized carbons (Fsp3) is 0.312. The third kappa shape index (κ3) is 2.87. The van der Waals surface area contributed by atoms with Crippen molar-refractivity contribution < 1.29 is 0 Å². The number of nitrogens with one attached hydrogen (secondary N) is 1. The van der Waals surface area contributed by atoms with Crippen LogP contribution < -0.4 is 10.2 Å². The van der Waals surface area contributed by atoms with Crippen molar-refractivity contribution in [3.05, 3.63) is 47.3 Å². The minimum Gasteiger partial charge on any atom is -0.376 e. The molecule has 3 nitrogen and oxygen atoms in total. The number of hydrogen-bond acceptors (Lipinski definition) is 3. The van der Waals surface area contributed by atoms with Crippen LogP contribution >= 0.6 is 0 Å². The maximum absolute atomic E-state index is 4.53. The average molecular weight is 255 g/mol. The Morgan fingerprint density at radius 3 is 2.37 bits per heavy atom. The highest BCUT2D eigenvalue weighted by molar-refractivity contribution is 5.76. The van der Waals surface area contributed by atoms with Crippen LogP contribution in [-0.2, 0) is 0 Å². The molecule has 0 radical (unpaired) electrons. The van der Waals surface area contributed by atoms with Crippen LogP contribution in [0.2, 0.25) is 0 Å². The number of hydrogen-bond donors (Lipinski definition) is 1. The number of rotatable bonds is 3. The van der Waals surface area contributed by atoms with E-state index >= 15 is 0 Å². The van der Waals surface area contributed by atoms with Gasteiger partial charge in [-0.05, 0) is 44.5 Å². The van der Waals surface area contributed by atoms with Gasteiger partial charge in [0, 0.05) is 19.8 Å². The first kappa shape index (κ1) is 13.4. The number of para-hydroxylation sites is 2. The Bertz CT molecular complexity index is 565. The molecule has 0 atom stereocenters. The molecule has 0 bridgehead atoms. The van der Waals surface area contributed by atoms with E-state index in [9.17, 15) is 0 Å². The number of anilines is 3. The fourth-order valence-electron chi connectivity index (χ4n) is 2.32. The lowest BCUT2D eigenvalue weighted by molar-refractivity contribution is 1.10. The maximum atomic E-state index is 4.53. The van der Waals surface area contributed by atoms with Gasteiger partial charge in [0.05, 0.1) is 22.8 Å². The summed E-state index contributed by atoms with van der Waals surface area (Å²) in [7, 11) is 4.10. The first-order valence-electron chi connectivity index (χ1n) is 6.47. The highest BCUT2D eigenvalue weighted by Crippen LogP contribution is 2.30. The molecule has 0 saturated heterocycles. The van der Waals surface area contributed by atoms with E-state index in [-0.39, 0.29) is 0 Å². The highest BCUT2D eigenvalue weighted by atomic mass is 15.1. The first-order valence-corrected chi connectivity index (χ1v) is 6.47. The van der Waals surface area contributed by atoms with E-state index in [2.05, 4.69) is 40.3 Å². The van der Waals surface area contributed by atoms with Gasteiger partial charge in [0.25, 0.3) is 0 Å². The van der Waals surface area contributed by atoms with Gasteiger partial charge in [-0.25, -0.2) is 0 Å². The molecule has 0 saturated carbocycles. The zero-order valence-corrected chi connectivity index (χ0v) is 12.3. The maximum Gasteiger partial charge on any atom is 0.0631 e. The van der Waals surface area contributed by atoms with E-state index in [0.717, 1.165) is 22.8 Å². The Balaban J connectivity index is 2.42. The lowest BCUT2D eigenvalue weighted by Gasteiger charge is -2.20. The molecule has 19 heavy (non-hydrogen) atoms. The monoisotopic (exact) mass is 255 g/mol. The Morgan fingerprint density at radius 1 is 1.05 bits per heavy atom. The third-order valence-electron chi connectivity index (χ3n) is 3.17. The van der Waals surface area contributed by atoms with Gasteiger partial charge >= 0.3 is 0 Å². The smallest absolute Gasteiger partial charge is 0.0631 e. The molecular formula is C16H21N3. The lowest BCUT2D eigenvalue weighted by atomic mass is 10.1. The van der Waals surface area contributed by atoms with Gasteiger partial charge in [0.2, 0.25) is 0 Å². The normalized spacial score (nSPS) is 10.4. The van der Waals surface area contributed by atoms with Crippen molar-refractivity contribution in [1.82, 2.24) is 4.98 Å². The van der Waals surface area contributed by atoms with Crippen LogP contribution in [0.15, 0.2) is 30.3 Å². The lowest BCUT2D eigenvalue weighted by Crippen LogP contribution is -2.11. The van der Waals surface area contributed by atoms with Crippen LogP contribution in [0.3, 0.4) is 0 Å². The van der Waals surface area contributed by atoms with Crippen LogP contribution in [0.25, 0.3) is 0 Å². The zero-order chi connectivity index (χ0) is 14.0.